The van der Waals surface area contributed by atoms with E-state index in [1.165, 1.54) is 7.11 Å². The summed E-state index contributed by atoms with van der Waals surface area (Å²) in [7, 11) is 1.34. The van der Waals surface area contributed by atoms with Gasteiger partial charge in [-0.15, -0.1) is 0 Å². The number of esters is 1. The van der Waals surface area contributed by atoms with E-state index in [9.17, 15) is 9.59 Å². The van der Waals surface area contributed by atoms with Crippen LogP contribution >= 0.6 is 0 Å². The highest BCUT2D eigenvalue weighted by Gasteiger charge is 2.26. The Hall–Kier alpha value is -1.64. The third-order valence-electron chi connectivity index (χ3n) is 3.38. The largest absolute Gasteiger partial charge is 0.468 e. The summed E-state index contributed by atoms with van der Waals surface area (Å²) in [5.41, 5.74) is 3.24. The first-order chi connectivity index (χ1) is 9.47. The normalized spacial score (nSPS) is 12.0. The van der Waals surface area contributed by atoms with Gasteiger partial charge in [0.1, 0.15) is 5.92 Å². The summed E-state index contributed by atoms with van der Waals surface area (Å²) in [6, 6.07) is 6.07. The van der Waals surface area contributed by atoms with Crippen molar-refractivity contribution in [2.45, 2.75) is 46.5 Å². The van der Waals surface area contributed by atoms with Gasteiger partial charge in [0.05, 0.1) is 7.11 Å². The van der Waals surface area contributed by atoms with Crippen LogP contribution in [0.4, 0.5) is 0 Å². The summed E-state index contributed by atoms with van der Waals surface area (Å²) in [6.45, 7) is 6.06. The molecule has 20 heavy (non-hydrogen) atoms. The van der Waals surface area contributed by atoms with Crippen molar-refractivity contribution < 1.29 is 14.3 Å². The van der Waals surface area contributed by atoms with Crippen LogP contribution in [0.2, 0.25) is 0 Å². The average molecular weight is 276 g/mol. The third-order valence-corrected chi connectivity index (χ3v) is 3.38. The zero-order chi connectivity index (χ0) is 15.1. The maximum absolute atomic E-state index is 12.3. The van der Waals surface area contributed by atoms with Gasteiger partial charge >= 0.3 is 5.97 Å². The monoisotopic (exact) mass is 276 g/mol. The van der Waals surface area contributed by atoms with Crippen LogP contribution in [0.1, 0.15) is 42.9 Å². The van der Waals surface area contributed by atoms with Gasteiger partial charge in [-0.25, -0.2) is 0 Å². The molecule has 0 saturated heterocycles. The minimum Gasteiger partial charge on any atom is -0.468 e. The average Bonchev–Trinajstić information content (AvgIpc) is 2.37. The smallest absolute Gasteiger partial charge is 0.316 e. The summed E-state index contributed by atoms with van der Waals surface area (Å²) in [4.78, 5) is 24.1. The van der Waals surface area contributed by atoms with Crippen LogP contribution < -0.4 is 0 Å². The Kier molecular flexibility index (Phi) is 6.43. The second-order valence-electron chi connectivity index (χ2n) is 5.36. The molecule has 1 aromatic carbocycles. The number of methoxy groups -OCH3 is 1. The minimum atomic E-state index is -0.624. The minimum absolute atomic E-state index is 0.0460. The number of ketones is 1. The first-order valence-corrected chi connectivity index (χ1v) is 7.15. The molecule has 110 valence electrons. The molecule has 0 saturated carbocycles. The van der Waals surface area contributed by atoms with Gasteiger partial charge in [0.25, 0.3) is 0 Å². The molecule has 0 aliphatic carbocycles. The van der Waals surface area contributed by atoms with Crippen molar-refractivity contribution >= 4 is 11.8 Å². The second-order valence-corrected chi connectivity index (χ2v) is 5.36. The Labute approximate surface area is 121 Å². The fourth-order valence-corrected chi connectivity index (χ4v) is 2.46. The fourth-order valence-electron chi connectivity index (χ4n) is 2.46. The van der Waals surface area contributed by atoms with Gasteiger partial charge < -0.3 is 4.74 Å². The third kappa shape index (κ3) is 4.80. The number of carbonyl (C=O) groups excluding carboxylic acids is 2. The molecule has 0 fully saturated rings. The molecular weight excluding hydrogens is 252 g/mol. The summed E-state index contributed by atoms with van der Waals surface area (Å²) in [5, 5.41) is 0. The van der Waals surface area contributed by atoms with Gasteiger partial charge in [0.15, 0.2) is 5.78 Å². The highest BCUT2D eigenvalue weighted by molar-refractivity contribution is 5.99. The standard InChI is InChI=1S/C17H24O3/c1-5-6-7-15(17(19)20-4)16(18)11-14-9-12(2)8-13(3)10-14/h8-10,15H,5-7,11H2,1-4H3. The molecule has 0 radical (unpaired) electrons. The maximum Gasteiger partial charge on any atom is 0.316 e. The second kappa shape index (κ2) is 7.83. The van der Waals surface area contributed by atoms with E-state index in [4.69, 9.17) is 4.74 Å². The SMILES string of the molecule is CCCCC(C(=O)Cc1cc(C)cc(C)c1)C(=O)OC. The van der Waals surface area contributed by atoms with Gasteiger partial charge in [-0.1, -0.05) is 49.1 Å². The lowest BCUT2D eigenvalue weighted by Gasteiger charge is -2.13. The number of rotatable bonds is 7. The maximum atomic E-state index is 12.3. The van der Waals surface area contributed by atoms with E-state index in [2.05, 4.69) is 6.07 Å². The fraction of sp³-hybridized carbons (Fsp3) is 0.529. The molecule has 3 heteroatoms. The van der Waals surface area contributed by atoms with E-state index in [0.29, 0.717) is 12.8 Å². The lowest BCUT2D eigenvalue weighted by atomic mass is 9.92. The van der Waals surface area contributed by atoms with Crippen molar-refractivity contribution in [3.8, 4) is 0 Å². The zero-order valence-corrected chi connectivity index (χ0v) is 12.9. The Morgan fingerprint density at radius 1 is 1.15 bits per heavy atom. The van der Waals surface area contributed by atoms with Crippen LogP contribution in [0.5, 0.6) is 0 Å². The van der Waals surface area contributed by atoms with E-state index in [1.807, 2.05) is 32.9 Å². The van der Waals surface area contributed by atoms with Gasteiger partial charge in [0.2, 0.25) is 0 Å². The number of benzene rings is 1. The predicted octanol–water partition coefficient (Wildman–Crippen LogP) is 3.39. The van der Waals surface area contributed by atoms with Crippen molar-refractivity contribution in [3.05, 3.63) is 34.9 Å². The van der Waals surface area contributed by atoms with Gasteiger partial charge in [-0.05, 0) is 25.8 Å². The Balaban J connectivity index is 2.81. The van der Waals surface area contributed by atoms with Gasteiger partial charge in [0, 0.05) is 6.42 Å². The Bertz CT molecular complexity index is 457. The van der Waals surface area contributed by atoms with Crippen molar-refractivity contribution in [1.29, 1.82) is 0 Å². The van der Waals surface area contributed by atoms with Crippen molar-refractivity contribution in [2.75, 3.05) is 7.11 Å². The van der Waals surface area contributed by atoms with Crippen molar-refractivity contribution in [2.24, 2.45) is 5.92 Å². The quantitative estimate of drug-likeness (QED) is 0.566. The lowest BCUT2D eigenvalue weighted by molar-refractivity contribution is -0.149. The number of hydrogen-bond donors (Lipinski definition) is 0. The molecule has 0 aliphatic rings. The van der Waals surface area contributed by atoms with Gasteiger partial charge in [-0.2, -0.15) is 0 Å². The highest BCUT2D eigenvalue weighted by Crippen LogP contribution is 2.16. The van der Waals surface area contributed by atoms with Crippen LogP contribution in [0.3, 0.4) is 0 Å². The van der Waals surface area contributed by atoms with Crippen LogP contribution in [-0.2, 0) is 20.7 Å². The number of unbranched alkanes of at least 4 members (excludes halogenated alkanes) is 1. The molecule has 1 atom stereocenters. The van der Waals surface area contributed by atoms with E-state index in [0.717, 1.165) is 29.5 Å². The predicted molar refractivity (Wildman–Crippen MR) is 79.7 cm³/mol. The Morgan fingerprint density at radius 3 is 2.25 bits per heavy atom. The molecular formula is C17H24O3. The molecule has 0 bridgehead atoms. The number of carbonyl (C=O) groups is 2. The molecule has 0 amide bonds. The summed E-state index contributed by atoms with van der Waals surface area (Å²) in [5.74, 6) is -1.08. The summed E-state index contributed by atoms with van der Waals surface area (Å²) in [6.07, 6.45) is 2.70. The molecule has 0 N–H and O–H groups in total. The zero-order valence-electron chi connectivity index (χ0n) is 12.9. The van der Waals surface area contributed by atoms with Gasteiger partial charge in [-0.3, -0.25) is 9.59 Å². The first kappa shape index (κ1) is 16.4. The lowest BCUT2D eigenvalue weighted by Crippen LogP contribution is -2.26. The molecule has 1 aromatic rings. The molecule has 3 nitrogen and oxygen atoms in total. The van der Waals surface area contributed by atoms with Crippen LogP contribution in [0.15, 0.2) is 18.2 Å². The number of Topliss-reactive ketones (excluding diaryl/α,β-unsaturated/α-hetero) is 1. The molecule has 0 heterocycles. The van der Waals surface area contributed by atoms with Crippen molar-refractivity contribution in [3.63, 3.8) is 0 Å². The molecule has 1 unspecified atom stereocenters. The molecule has 1 rings (SSSR count). The summed E-state index contributed by atoms with van der Waals surface area (Å²) >= 11 is 0. The first-order valence-electron chi connectivity index (χ1n) is 7.15. The van der Waals surface area contributed by atoms with Crippen LogP contribution in [-0.4, -0.2) is 18.9 Å². The molecule has 0 aliphatic heterocycles. The van der Waals surface area contributed by atoms with Crippen LogP contribution in [0, 0.1) is 19.8 Å². The topological polar surface area (TPSA) is 43.4 Å². The van der Waals surface area contributed by atoms with E-state index >= 15 is 0 Å². The highest BCUT2D eigenvalue weighted by atomic mass is 16.5. The molecule has 0 aromatic heterocycles. The van der Waals surface area contributed by atoms with Crippen LogP contribution in [0.25, 0.3) is 0 Å². The number of hydrogen-bond acceptors (Lipinski definition) is 3. The van der Waals surface area contributed by atoms with E-state index in [1.54, 1.807) is 0 Å². The number of aryl methyl sites for hydroxylation is 2. The number of ether oxygens (including phenoxy) is 1. The van der Waals surface area contributed by atoms with E-state index in [-0.39, 0.29) is 5.78 Å². The Morgan fingerprint density at radius 2 is 1.75 bits per heavy atom. The molecule has 0 spiro atoms. The van der Waals surface area contributed by atoms with Crippen molar-refractivity contribution in [1.82, 2.24) is 0 Å². The van der Waals surface area contributed by atoms with E-state index < -0.39 is 11.9 Å². The summed E-state index contributed by atoms with van der Waals surface area (Å²) < 4.78 is 4.76.